The van der Waals surface area contributed by atoms with Crippen LogP contribution in [0.3, 0.4) is 0 Å². The highest BCUT2D eigenvalue weighted by Gasteiger charge is 2.30. The van der Waals surface area contributed by atoms with E-state index in [1.165, 1.54) is 10.9 Å². The van der Waals surface area contributed by atoms with E-state index in [0.717, 1.165) is 12.1 Å². The monoisotopic (exact) mass is 444 g/mol. The molecule has 12 heteroatoms. The number of imidazole rings is 1. The van der Waals surface area contributed by atoms with Gasteiger partial charge >= 0.3 is 12.2 Å². The minimum absolute atomic E-state index is 0.304. The van der Waals surface area contributed by atoms with Gasteiger partial charge in [0.05, 0.1) is 18.3 Å². The van der Waals surface area contributed by atoms with Crippen molar-refractivity contribution in [1.82, 2.24) is 34.9 Å². The third-order valence-corrected chi connectivity index (χ3v) is 4.63. The first-order valence-corrected chi connectivity index (χ1v) is 9.80. The number of nitrogens with one attached hydrogen (secondary N) is 2. The van der Waals surface area contributed by atoms with E-state index in [1.54, 1.807) is 35.0 Å². The largest absolute Gasteiger partial charge is 0.416 e. The maximum atomic E-state index is 13.0. The number of rotatable bonds is 6. The Balaban J connectivity index is 1.41. The molecule has 0 saturated carbocycles. The number of alkyl halides is 3. The van der Waals surface area contributed by atoms with E-state index in [4.69, 9.17) is 0 Å². The van der Waals surface area contributed by atoms with Gasteiger partial charge in [-0.25, -0.2) is 9.78 Å². The summed E-state index contributed by atoms with van der Waals surface area (Å²) in [6.45, 7) is 2.83. The lowest BCUT2D eigenvalue weighted by molar-refractivity contribution is -0.137. The van der Waals surface area contributed by atoms with Crippen molar-refractivity contribution in [2.24, 2.45) is 0 Å². The number of benzene rings is 1. The van der Waals surface area contributed by atoms with Gasteiger partial charge < -0.3 is 9.72 Å². The van der Waals surface area contributed by atoms with Gasteiger partial charge in [-0.3, -0.25) is 5.32 Å². The molecule has 1 aromatic carbocycles. The highest BCUT2D eigenvalue weighted by Crippen LogP contribution is 2.32. The van der Waals surface area contributed by atoms with Crippen LogP contribution < -0.4 is 10.6 Å². The van der Waals surface area contributed by atoms with Crippen molar-refractivity contribution in [3.63, 3.8) is 0 Å². The quantitative estimate of drug-likeness (QED) is 0.475. The van der Waals surface area contributed by atoms with Crippen LogP contribution in [0.25, 0.3) is 16.8 Å². The molecule has 0 unspecified atom stereocenters. The Morgan fingerprint density at radius 2 is 1.97 bits per heavy atom. The van der Waals surface area contributed by atoms with E-state index in [-0.39, 0.29) is 0 Å². The number of carbonyl (C=O) groups is 1. The van der Waals surface area contributed by atoms with Gasteiger partial charge in [-0.05, 0) is 47.5 Å². The van der Waals surface area contributed by atoms with Crippen LogP contribution in [-0.2, 0) is 19.1 Å². The number of tetrazole rings is 1. The number of halogens is 3. The summed E-state index contributed by atoms with van der Waals surface area (Å²) in [5, 5.41) is 17.2. The zero-order chi connectivity index (χ0) is 22.7. The van der Waals surface area contributed by atoms with Crippen LogP contribution in [0.4, 0.5) is 23.8 Å². The topological polar surface area (TPSA) is 102 Å². The zero-order valence-electron chi connectivity index (χ0n) is 17.0. The second kappa shape index (κ2) is 8.65. The van der Waals surface area contributed by atoms with Gasteiger partial charge in [0.1, 0.15) is 5.65 Å². The molecular formula is C20H19F3N8O. The van der Waals surface area contributed by atoms with Gasteiger partial charge in [0.15, 0.2) is 11.6 Å². The predicted octanol–water partition coefficient (Wildman–Crippen LogP) is 3.39. The minimum atomic E-state index is -4.41. The Hall–Kier alpha value is -3.96. The van der Waals surface area contributed by atoms with Crippen LogP contribution in [0.2, 0.25) is 0 Å². The van der Waals surface area contributed by atoms with E-state index in [1.807, 2.05) is 6.92 Å². The van der Waals surface area contributed by atoms with Crippen LogP contribution in [-0.4, -0.2) is 42.2 Å². The van der Waals surface area contributed by atoms with Crippen molar-refractivity contribution in [2.45, 2.75) is 26.1 Å². The number of amides is 2. The van der Waals surface area contributed by atoms with Gasteiger partial charge in [0.25, 0.3) is 0 Å². The summed E-state index contributed by atoms with van der Waals surface area (Å²) in [4.78, 5) is 17.9. The summed E-state index contributed by atoms with van der Waals surface area (Å²) in [6, 6.07) is 7.99. The fraction of sp³-hybridized carbons (Fsp3) is 0.250. The molecule has 0 fully saturated rings. The Morgan fingerprint density at radius 3 is 2.72 bits per heavy atom. The summed E-state index contributed by atoms with van der Waals surface area (Å²) in [5.41, 5.74) is 0.838. The third kappa shape index (κ3) is 4.85. The van der Waals surface area contributed by atoms with Crippen LogP contribution in [0, 0.1) is 0 Å². The van der Waals surface area contributed by atoms with E-state index in [2.05, 4.69) is 31.0 Å². The lowest BCUT2D eigenvalue weighted by atomic mass is 10.0. The Labute approximate surface area is 180 Å². The number of hydrogen-bond acceptors (Lipinski definition) is 5. The molecule has 2 N–H and O–H groups in total. The van der Waals surface area contributed by atoms with Crippen LogP contribution in [0.15, 0.2) is 48.8 Å². The molecule has 32 heavy (non-hydrogen) atoms. The Bertz CT molecular complexity index is 1250. The maximum Gasteiger partial charge on any atom is 0.416 e. The minimum Gasteiger partial charge on any atom is -0.337 e. The van der Waals surface area contributed by atoms with E-state index < -0.39 is 17.8 Å². The standard InChI is InChI=1S/C20H19F3N8O/c1-2-31-28-16(27-29-31)8-9-24-19(32)26-17-12-30-11-14(6-7-18(30)25-17)13-4-3-5-15(10-13)20(21,22)23/h3-7,10-12H,2,8-9H2,1H3,(H2,24,26,32). The molecule has 4 rings (SSSR count). The van der Waals surface area contributed by atoms with Crippen LogP contribution in [0.5, 0.6) is 0 Å². The average Bonchev–Trinajstić information content (AvgIpc) is 3.38. The van der Waals surface area contributed by atoms with Crippen molar-refractivity contribution in [2.75, 3.05) is 11.9 Å². The normalized spacial score (nSPS) is 11.6. The number of pyridine rings is 1. The SMILES string of the molecule is CCn1nnc(CCNC(=O)Nc2cn3cc(-c4cccc(C(F)(F)F)c4)ccc3n2)n1. The van der Waals surface area contributed by atoms with Gasteiger partial charge in [0, 0.05) is 19.2 Å². The van der Waals surface area contributed by atoms with Gasteiger partial charge in [-0.15, -0.1) is 10.2 Å². The number of anilines is 1. The molecule has 4 aromatic rings. The Kier molecular flexibility index (Phi) is 5.75. The van der Waals surface area contributed by atoms with E-state index in [9.17, 15) is 18.0 Å². The lowest BCUT2D eigenvalue weighted by Crippen LogP contribution is -2.30. The first-order chi connectivity index (χ1) is 15.3. The van der Waals surface area contributed by atoms with Gasteiger partial charge in [0.2, 0.25) is 0 Å². The summed E-state index contributed by atoms with van der Waals surface area (Å²) in [6.07, 6.45) is -0.745. The lowest BCUT2D eigenvalue weighted by Gasteiger charge is -2.09. The van der Waals surface area contributed by atoms with Crippen molar-refractivity contribution >= 4 is 17.5 Å². The second-order valence-corrected chi connectivity index (χ2v) is 6.91. The number of carbonyl (C=O) groups excluding carboxylic acids is 1. The molecule has 9 nitrogen and oxygen atoms in total. The molecule has 3 heterocycles. The third-order valence-electron chi connectivity index (χ3n) is 4.63. The summed E-state index contributed by atoms with van der Waals surface area (Å²) >= 11 is 0. The first-order valence-electron chi connectivity index (χ1n) is 9.80. The number of hydrogen-bond donors (Lipinski definition) is 2. The first kappa shape index (κ1) is 21.3. The van der Waals surface area contributed by atoms with Crippen molar-refractivity contribution in [3.05, 3.63) is 60.2 Å². The molecule has 0 saturated heterocycles. The molecular weight excluding hydrogens is 425 g/mol. The molecule has 3 aromatic heterocycles. The van der Waals surface area contributed by atoms with Crippen LogP contribution in [0.1, 0.15) is 18.3 Å². The molecule has 0 aliphatic carbocycles. The van der Waals surface area contributed by atoms with E-state index >= 15 is 0 Å². The van der Waals surface area contributed by atoms with Gasteiger partial charge in [-0.1, -0.05) is 12.1 Å². The molecule has 0 atom stereocenters. The van der Waals surface area contributed by atoms with Crippen molar-refractivity contribution in [3.8, 4) is 11.1 Å². The zero-order valence-corrected chi connectivity index (χ0v) is 17.0. The summed E-state index contributed by atoms with van der Waals surface area (Å²) in [7, 11) is 0. The summed E-state index contributed by atoms with van der Waals surface area (Å²) in [5.74, 6) is 0.834. The van der Waals surface area contributed by atoms with Crippen molar-refractivity contribution < 1.29 is 18.0 Å². The molecule has 2 amide bonds. The molecule has 166 valence electrons. The smallest absolute Gasteiger partial charge is 0.337 e. The average molecular weight is 444 g/mol. The highest BCUT2D eigenvalue weighted by atomic mass is 19.4. The van der Waals surface area contributed by atoms with Gasteiger partial charge in [-0.2, -0.15) is 18.0 Å². The molecule has 0 aliphatic rings. The van der Waals surface area contributed by atoms with E-state index in [0.29, 0.717) is 47.9 Å². The fourth-order valence-electron chi connectivity index (χ4n) is 3.06. The fourth-order valence-corrected chi connectivity index (χ4v) is 3.06. The molecule has 0 bridgehead atoms. The number of urea groups is 1. The predicted molar refractivity (Wildman–Crippen MR) is 110 cm³/mol. The highest BCUT2D eigenvalue weighted by molar-refractivity contribution is 5.88. The molecule has 0 aliphatic heterocycles. The second-order valence-electron chi connectivity index (χ2n) is 6.91. The maximum absolute atomic E-state index is 13.0. The number of aromatic nitrogens is 6. The number of nitrogens with zero attached hydrogens (tertiary/aromatic N) is 6. The molecule has 0 spiro atoms. The van der Waals surface area contributed by atoms with Crippen molar-refractivity contribution in [1.29, 1.82) is 0 Å². The number of fused-ring (bicyclic) bond motifs is 1. The number of aryl methyl sites for hydroxylation is 1. The van der Waals surface area contributed by atoms with Crippen LogP contribution >= 0.6 is 0 Å². The summed E-state index contributed by atoms with van der Waals surface area (Å²) < 4.78 is 40.6. The Morgan fingerprint density at radius 1 is 1.12 bits per heavy atom. The molecule has 0 radical (unpaired) electrons.